The van der Waals surface area contributed by atoms with Crippen molar-refractivity contribution in [3.8, 4) is 11.5 Å². The van der Waals surface area contributed by atoms with Gasteiger partial charge in [0, 0.05) is 6.07 Å². The molecule has 0 saturated heterocycles. The van der Waals surface area contributed by atoms with Crippen LogP contribution in [-0.4, -0.2) is 26.7 Å². The molecule has 0 bridgehead atoms. The van der Waals surface area contributed by atoms with Crippen LogP contribution in [0, 0.1) is 0 Å². The smallest absolute Gasteiger partial charge is 0.253 e. The Labute approximate surface area is 87.6 Å². The summed E-state index contributed by atoms with van der Waals surface area (Å²) in [4.78, 5) is 10.9. The van der Waals surface area contributed by atoms with Crippen LogP contribution in [0.3, 0.4) is 0 Å². The molecule has 15 heavy (non-hydrogen) atoms. The lowest BCUT2D eigenvalue weighted by Crippen LogP contribution is -2.15. The van der Waals surface area contributed by atoms with Gasteiger partial charge >= 0.3 is 0 Å². The topological polar surface area (TPSA) is 67.5 Å². The van der Waals surface area contributed by atoms with Crippen LogP contribution in [0.1, 0.15) is 0 Å². The summed E-state index contributed by atoms with van der Waals surface area (Å²) in [6.07, 6.45) is 0. The number of hydrogen-bond acceptors (Lipinski definition) is 3. The molecule has 0 unspecified atom stereocenters. The van der Waals surface area contributed by atoms with Crippen molar-refractivity contribution in [1.29, 1.82) is 0 Å². The standard InChI is InChI=1S/C10H12NO4/c1-14-7-3-4-8(9(5-7)15-2)11-10(13)6-12/h3-5H,6H2,1-2H3,(H,11,13). The second-order valence-electron chi connectivity index (χ2n) is 2.76. The molecular formula is C10H12NO4. The third kappa shape index (κ3) is 2.85. The highest BCUT2D eigenvalue weighted by molar-refractivity contribution is 5.93. The number of ether oxygens (including phenoxy) is 2. The highest BCUT2D eigenvalue weighted by Crippen LogP contribution is 2.28. The van der Waals surface area contributed by atoms with E-state index < -0.39 is 12.5 Å². The molecule has 81 valence electrons. The van der Waals surface area contributed by atoms with Gasteiger partial charge in [-0.3, -0.25) is 4.79 Å². The Bertz CT molecular complexity index is 351. The molecular weight excluding hydrogens is 198 g/mol. The van der Waals surface area contributed by atoms with Crippen molar-refractivity contribution in [2.24, 2.45) is 0 Å². The van der Waals surface area contributed by atoms with Gasteiger partial charge in [-0.05, 0) is 12.1 Å². The summed E-state index contributed by atoms with van der Waals surface area (Å²) in [6.45, 7) is -0.810. The van der Waals surface area contributed by atoms with E-state index in [0.29, 0.717) is 17.2 Å². The fourth-order valence-electron chi connectivity index (χ4n) is 1.09. The van der Waals surface area contributed by atoms with Gasteiger partial charge in [-0.15, -0.1) is 0 Å². The minimum Gasteiger partial charge on any atom is -0.497 e. The molecule has 0 heterocycles. The monoisotopic (exact) mass is 210 g/mol. The average Bonchev–Trinajstić information content (AvgIpc) is 2.29. The lowest BCUT2D eigenvalue weighted by molar-refractivity contribution is -0.120. The zero-order valence-electron chi connectivity index (χ0n) is 8.57. The maximum Gasteiger partial charge on any atom is 0.253 e. The first-order valence-electron chi connectivity index (χ1n) is 4.31. The Morgan fingerprint density at radius 3 is 2.60 bits per heavy atom. The van der Waals surface area contributed by atoms with E-state index >= 15 is 0 Å². The van der Waals surface area contributed by atoms with Crippen LogP contribution in [0.5, 0.6) is 11.5 Å². The highest BCUT2D eigenvalue weighted by Gasteiger charge is 2.07. The molecule has 1 N–H and O–H groups in total. The van der Waals surface area contributed by atoms with Crippen LogP contribution < -0.4 is 14.8 Å². The molecule has 0 spiro atoms. The van der Waals surface area contributed by atoms with Gasteiger partial charge < -0.3 is 14.8 Å². The third-order valence-electron chi connectivity index (χ3n) is 1.81. The third-order valence-corrected chi connectivity index (χ3v) is 1.81. The van der Waals surface area contributed by atoms with Gasteiger partial charge in [0.1, 0.15) is 11.5 Å². The zero-order chi connectivity index (χ0) is 11.3. The molecule has 0 saturated carbocycles. The van der Waals surface area contributed by atoms with Crippen LogP contribution in [0.25, 0.3) is 0 Å². The number of hydrogen-bond donors (Lipinski definition) is 1. The molecule has 1 aromatic rings. The van der Waals surface area contributed by atoms with Crippen molar-refractivity contribution < 1.29 is 19.4 Å². The molecule has 0 aliphatic rings. The van der Waals surface area contributed by atoms with E-state index in [1.165, 1.54) is 14.2 Å². The van der Waals surface area contributed by atoms with Crippen LogP contribution >= 0.6 is 0 Å². The second kappa shape index (κ2) is 5.21. The molecule has 0 aromatic heterocycles. The number of carbonyl (C=O) groups excluding carboxylic acids is 1. The first-order chi connectivity index (χ1) is 7.21. The Kier molecular flexibility index (Phi) is 3.93. The Hall–Kier alpha value is -1.75. The molecule has 5 heteroatoms. The summed E-state index contributed by atoms with van der Waals surface area (Å²) in [6, 6.07) is 4.91. The number of amides is 1. The van der Waals surface area contributed by atoms with Crippen molar-refractivity contribution in [3.05, 3.63) is 18.2 Å². The van der Waals surface area contributed by atoms with Crippen molar-refractivity contribution in [3.63, 3.8) is 0 Å². The fraction of sp³-hybridized carbons (Fsp3) is 0.300. The van der Waals surface area contributed by atoms with E-state index in [-0.39, 0.29) is 0 Å². The first-order valence-corrected chi connectivity index (χ1v) is 4.31. The lowest BCUT2D eigenvalue weighted by Gasteiger charge is -2.10. The van der Waals surface area contributed by atoms with Crippen LogP contribution in [0.15, 0.2) is 18.2 Å². The normalized spacial score (nSPS) is 9.53. The molecule has 0 aliphatic carbocycles. The molecule has 1 amide bonds. The summed E-state index contributed by atoms with van der Waals surface area (Å²) in [7, 11) is 3.01. The molecule has 1 rings (SSSR count). The van der Waals surface area contributed by atoms with Crippen molar-refractivity contribution in [2.45, 2.75) is 0 Å². The van der Waals surface area contributed by atoms with Crippen molar-refractivity contribution in [1.82, 2.24) is 0 Å². The number of nitrogens with one attached hydrogen (secondary N) is 1. The number of methoxy groups -OCH3 is 2. The van der Waals surface area contributed by atoms with E-state index in [2.05, 4.69) is 5.32 Å². The Balaban J connectivity index is 2.92. The van der Waals surface area contributed by atoms with E-state index in [4.69, 9.17) is 9.47 Å². The number of rotatable bonds is 4. The molecule has 0 aliphatic heterocycles. The maximum atomic E-state index is 10.9. The SMILES string of the molecule is COc1ccc(NC(=O)C[O])c(OC)c1. The van der Waals surface area contributed by atoms with Crippen LogP contribution in [0.2, 0.25) is 0 Å². The molecule has 0 atom stereocenters. The van der Waals surface area contributed by atoms with Gasteiger partial charge in [-0.2, -0.15) is 0 Å². The number of anilines is 1. The van der Waals surface area contributed by atoms with E-state index in [1.54, 1.807) is 18.2 Å². The summed E-state index contributed by atoms with van der Waals surface area (Å²) in [5.74, 6) is 0.474. The van der Waals surface area contributed by atoms with Gasteiger partial charge in [-0.1, -0.05) is 0 Å². The van der Waals surface area contributed by atoms with Gasteiger partial charge in [-0.25, -0.2) is 5.11 Å². The maximum absolute atomic E-state index is 10.9. The fourth-order valence-corrected chi connectivity index (χ4v) is 1.09. The van der Waals surface area contributed by atoms with Gasteiger partial charge in [0.25, 0.3) is 5.91 Å². The molecule has 1 aromatic carbocycles. The number of carbonyl (C=O) groups is 1. The van der Waals surface area contributed by atoms with E-state index in [1.807, 2.05) is 0 Å². The summed E-state index contributed by atoms with van der Waals surface area (Å²) >= 11 is 0. The Morgan fingerprint density at radius 2 is 2.07 bits per heavy atom. The van der Waals surface area contributed by atoms with E-state index in [9.17, 15) is 9.90 Å². The summed E-state index contributed by atoms with van der Waals surface area (Å²) < 4.78 is 10.0. The van der Waals surface area contributed by atoms with Crippen LogP contribution in [0.4, 0.5) is 5.69 Å². The van der Waals surface area contributed by atoms with E-state index in [0.717, 1.165) is 0 Å². The molecule has 0 fully saturated rings. The van der Waals surface area contributed by atoms with Gasteiger partial charge in [0.05, 0.1) is 19.9 Å². The van der Waals surface area contributed by atoms with Crippen molar-refractivity contribution >= 4 is 11.6 Å². The largest absolute Gasteiger partial charge is 0.497 e. The predicted octanol–water partition coefficient (Wildman–Crippen LogP) is 1.07. The van der Waals surface area contributed by atoms with Crippen LogP contribution in [-0.2, 0) is 9.90 Å². The Morgan fingerprint density at radius 1 is 1.33 bits per heavy atom. The number of benzene rings is 1. The van der Waals surface area contributed by atoms with Gasteiger partial charge in [0.2, 0.25) is 0 Å². The second-order valence-corrected chi connectivity index (χ2v) is 2.76. The lowest BCUT2D eigenvalue weighted by atomic mass is 10.2. The zero-order valence-corrected chi connectivity index (χ0v) is 8.57. The summed E-state index contributed by atoms with van der Waals surface area (Å²) in [5.41, 5.74) is 0.458. The first kappa shape index (κ1) is 11.3. The minimum absolute atomic E-state index is 0.455. The van der Waals surface area contributed by atoms with Crippen molar-refractivity contribution in [2.75, 3.05) is 26.1 Å². The minimum atomic E-state index is -0.810. The van der Waals surface area contributed by atoms with Gasteiger partial charge in [0.15, 0.2) is 6.61 Å². The molecule has 5 nitrogen and oxygen atoms in total. The highest BCUT2D eigenvalue weighted by atomic mass is 16.5. The quantitative estimate of drug-likeness (QED) is 0.808. The predicted molar refractivity (Wildman–Crippen MR) is 53.7 cm³/mol. The molecule has 1 radical (unpaired) electrons. The average molecular weight is 210 g/mol. The summed E-state index contributed by atoms with van der Waals surface area (Å²) in [5, 5.41) is 12.7.